The van der Waals surface area contributed by atoms with Crippen molar-refractivity contribution in [2.75, 3.05) is 5.75 Å². The third kappa shape index (κ3) is 4.48. The molecule has 0 spiro atoms. The highest BCUT2D eigenvalue weighted by Gasteiger charge is 2.18. The lowest BCUT2D eigenvalue weighted by atomic mass is 10.3. The predicted octanol–water partition coefficient (Wildman–Crippen LogP) is 0.806. The Balaban J connectivity index is 2.40. The minimum absolute atomic E-state index is 0.293. The van der Waals surface area contributed by atoms with E-state index in [1.165, 1.54) is 25.1 Å². The lowest BCUT2D eigenvalue weighted by molar-refractivity contribution is -0.140. The quantitative estimate of drug-likeness (QED) is 0.784. The summed E-state index contributed by atoms with van der Waals surface area (Å²) in [6.45, 7) is 3.09. The van der Waals surface area contributed by atoms with Gasteiger partial charge in [0.2, 0.25) is 5.91 Å². The van der Waals surface area contributed by atoms with Gasteiger partial charge in [-0.1, -0.05) is 0 Å². The van der Waals surface area contributed by atoms with Crippen LogP contribution in [-0.4, -0.2) is 33.8 Å². The molecule has 1 aromatic rings. The maximum absolute atomic E-state index is 10.8. The highest BCUT2D eigenvalue weighted by atomic mass is 32.2. The molecular weight excluding hydrogens is 244 g/mol. The normalized spacial score (nSPS) is 12.1. The first-order valence-electron chi connectivity index (χ1n) is 4.97. The largest absolute Gasteiger partial charge is 0.480 e. The molecule has 0 aliphatic heterocycles. The Morgan fingerprint density at radius 2 is 2.35 bits per heavy atom. The van der Waals surface area contributed by atoms with Gasteiger partial charge in [-0.3, -0.25) is 4.79 Å². The van der Waals surface area contributed by atoms with Crippen LogP contribution in [0.5, 0.6) is 0 Å². The number of oxazole rings is 1. The molecule has 0 saturated carbocycles. The smallest absolute Gasteiger partial charge is 0.327 e. The minimum Gasteiger partial charge on any atom is -0.480 e. The van der Waals surface area contributed by atoms with Crippen LogP contribution < -0.4 is 5.32 Å². The molecule has 1 aromatic heterocycles. The second-order valence-corrected chi connectivity index (χ2v) is 4.49. The Labute approximate surface area is 103 Å². The average molecular weight is 258 g/mol. The Bertz CT molecular complexity index is 405. The Hall–Kier alpha value is -1.50. The summed E-state index contributed by atoms with van der Waals surface area (Å²) in [5.41, 5.74) is 0.793. The van der Waals surface area contributed by atoms with E-state index in [2.05, 4.69) is 10.3 Å². The number of nitrogens with one attached hydrogen (secondary N) is 1. The van der Waals surface area contributed by atoms with Gasteiger partial charge in [-0.25, -0.2) is 9.78 Å². The zero-order chi connectivity index (χ0) is 12.8. The first-order valence-corrected chi connectivity index (χ1v) is 6.12. The van der Waals surface area contributed by atoms with E-state index in [0.717, 1.165) is 11.5 Å². The number of hydrogen-bond acceptors (Lipinski definition) is 5. The maximum atomic E-state index is 10.8. The van der Waals surface area contributed by atoms with Gasteiger partial charge in [-0.05, 0) is 6.92 Å². The van der Waals surface area contributed by atoms with Gasteiger partial charge >= 0.3 is 5.97 Å². The van der Waals surface area contributed by atoms with Crippen molar-refractivity contribution in [1.29, 1.82) is 0 Å². The molecule has 1 atom stereocenters. The number of carboxylic acids is 1. The van der Waals surface area contributed by atoms with E-state index in [9.17, 15) is 9.59 Å². The molecule has 0 aliphatic carbocycles. The third-order valence-electron chi connectivity index (χ3n) is 2.04. The van der Waals surface area contributed by atoms with Crippen LogP contribution in [0.25, 0.3) is 0 Å². The van der Waals surface area contributed by atoms with Gasteiger partial charge in [0.15, 0.2) is 6.39 Å². The van der Waals surface area contributed by atoms with Crippen molar-refractivity contribution in [2.24, 2.45) is 0 Å². The number of carbonyl (C=O) groups is 2. The summed E-state index contributed by atoms with van der Waals surface area (Å²) in [5.74, 6) is 0.191. The van der Waals surface area contributed by atoms with E-state index in [1.807, 2.05) is 0 Å². The summed E-state index contributed by atoms with van der Waals surface area (Å²) in [5, 5.41) is 11.2. The van der Waals surface area contributed by atoms with Crippen LogP contribution in [0.2, 0.25) is 0 Å². The molecule has 1 unspecified atom stereocenters. The molecule has 17 heavy (non-hydrogen) atoms. The average Bonchev–Trinajstić information content (AvgIpc) is 2.62. The number of carboxylic acid groups (broad SMARTS) is 1. The van der Waals surface area contributed by atoms with E-state index in [0.29, 0.717) is 11.5 Å². The van der Waals surface area contributed by atoms with E-state index in [-0.39, 0.29) is 5.91 Å². The van der Waals surface area contributed by atoms with Crippen molar-refractivity contribution in [3.05, 3.63) is 17.8 Å². The molecule has 0 aromatic carbocycles. The summed E-state index contributed by atoms with van der Waals surface area (Å²) in [7, 11) is 0. The standard InChI is InChI=1S/C10H14N2O4S/c1-6-8(11-5-16-6)3-17-4-9(10(14)15)12-7(2)13/h5,9H,3-4H2,1-2H3,(H,12,13)(H,14,15). The van der Waals surface area contributed by atoms with Crippen LogP contribution in [-0.2, 0) is 15.3 Å². The first-order chi connectivity index (χ1) is 8.00. The number of aliphatic carboxylic acids is 1. The molecule has 6 nitrogen and oxygen atoms in total. The number of thioether (sulfide) groups is 1. The maximum Gasteiger partial charge on any atom is 0.327 e. The van der Waals surface area contributed by atoms with Gasteiger partial charge in [0, 0.05) is 18.4 Å². The molecule has 2 N–H and O–H groups in total. The molecule has 1 heterocycles. The fraction of sp³-hybridized carbons (Fsp3) is 0.500. The number of rotatable bonds is 6. The van der Waals surface area contributed by atoms with Crippen molar-refractivity contribution < 1.29 is 19.1 Å². The number of carbonyl (C=O) groups excluding carboxylic acids is 1. The van der Waals surface area contributed by atoms with Crippen LogP contribution in [0.15, 0.2) is 10.8 Å². The van der Waals surface area contributed by atoms with Crippen LogP contribution in [0, 0.1) is 6.92 Å². The Morgan fingerprint density at radius 3 is 2.82 bits per heavy atom. The number of hydrogen-bond donors (Lipinski definition) is 2. The summed E-state index contributed by atoms with van der Waals surface area (Å²) >= 11 is 1.39. The lowest BCUT2D eigenvalue weighted by Gasteiger charge is -2.12. The Morgan fingerprint density at radius 1 is 1.65 bits per heavy atom. The summed E-state index contributed by atoms with van der Waals surface area (Å²) in [6, 6.07) is -0.871. The summed E-state index contributed by atoms with van der Waals surface area (Å²) in [6.07, 6.45) is 1.35. The predicted molar refractivity (Wildman–Crippen MR) is 62.6 cm³/mol. The van der Waals surface area contributed by atoms with Crippen molar-refractivity contribution in [1.82, 2.24) is 10.3 Å². The van der Waals surface area contributed by atoms with E-state index < -0.39 is 12.0 Å². The molecule has 7 heteroatoms. The zero-order valence-corrected chi connectivity index (χ0v) is 10.4. The Kier molecular flexibility index (Phi) is 5.02. The van der Waals surface area contributed by atoms with E-state index in [4.69, 9.17) is 9.52 Å². The zero-order valence-electron chi connectivity index (χ0n) is 9.60. The minimum atomic E-state index is -1.04. The second-order valence-electron chi connectivity index (χ2n) is 3.46. The number of amides is 1. The van der Waals surface area contributed by atoms with E-state index in [1.54, 1.807) is 6.92 Å². The molecule has 94 valence electrons. The van der Waals surface area contributed by atoms with Gasteiger partial charge in [-0.15, -0.1) is 0 Å². The molecule has 0 radical (unpaired) electrons. The van der Waals surface area contributed by atoms with Crippen molar-refractivity contribution in [2.45, 2.75) is 25.6 Å². The van der Waals surface area contributed by atoms with Crippen molar-refractivity contribution >= 4 is 23.6 Å². The van der Waals surface area contributed by atoms with Gasteiger partial charge in [0.1, 0.15) is 11.8 Å². The molecular formula is C10H14N2O4S. The monoisotopic (exact) mass is 258 g/mol. The highest BCUT2D eigenvalue weighted by Crippen LogP contribution is 2.15. The highest BCUT2D eigenvalue weighted by molar-refractivity contribution is 7.98. The molecule has 0 bridgehead atoms. The number of aryl methyl sites for hydroxylation is 1. The van der Waals surface area contributed by atoms with Crippen LogP contribution in [0.3, 0.4) is 0 Å². The summed E-state index contributed by atoms with van der Waals surface area (Å²) in [4.78, 5) is 25.6. The van der Waals surface area contributed by atoms with Gasteiger partial charge in [0.05, 0.1) is 5.69 Å². The molecule has 1 rings (SSSR count). The molecule has 0 aliphatic rings. The fourth-order valence-corrected chi connectivity index (χ4v) is 2.21. The molecule has 0 saturated heterocycles. The van der Waals surface area contributed by atoms with Crippen LogP contribution in [0.4, 0.5) is 0 Å². The topological polar surface area (TPSA) is 92.4 Å². The molecule has 1 amide bonds. The first kappa shape index (κ1) is 13.6. The van der Waals surface area contributed by atoms with Gasteiger partial charge in [0.25, 0.3) is 0 Å². The van der Waals surface area contributed by atoms with Crippen LogP contribution in [0.1, 0.15) is 18.4 Å². The molecule has 0 fully saturated rings. The SMILES string of the molecule is CC(=O)NC(CSCc1ncoc1C)C(=O)O. The van der Waals surface area contributed by atoms with Gasteiger partial charge in [-0.2, -0.15) is 11.8 Å². The van der Waals surface area contributed by atoms with Crippen molar-refractivity contribution in [3.8, 4) is 0 Å². The number of nitrogens with zero attached hydrogens (tertiary/aromatic N) is 1. The van der Waals surface area contributed by atoms with Crippen molar-refractivity contribution in [3.63, 3.8) is 0 Å². The summed E-state index contributed by atoms with van der Waals surface area (Å²) < 4.78 is 5.02. The van der Waals surface area contributed by atoms with Crippen LogP contribution >= 0.6 is 11.8 Å². The third-order valence-corrected chi connectivity index (χ3v) is 3.09. The number of aromatic nitrogens is 1. The lowest BCUT2D eigenvalue weighted by Crippen LogP contribution is -2.41. The second kappa shape index (κ2) is 6.29. The van der Waals surface area contributed by atoms with Gasteiger partial charge < -0.3 is 14.8 Å². The van der Waals surface area contributed by atoms with E-state index >= 15 is 0 Å². The fourth-order valence-electron chi connectivity index (χ4n) is 1.16.